The molecule has 0 aliphatic heterocycles. The highest BCUT2D eigenvalue weighted by atomic mass is 16.5. The Kier molecular flexibility index (Phi) is 5.49. The lowest BCUT2D eigenvalue weighted by Gasteiger charge is -2.58. The summed E-state index contributed by atoms with van der Waals surface area (Å²) in [5.74, 6) is 4.06. The summed E-state index contributed by atoms with van der Waals surface area (Å²) in [7, 11) is 4.06. The van der Waals surface area contributed by atoms with Crippen molar-refractivity contribution in [2.75, 3.05) is 31.3 Å². The Bertz CT molecular complexity index is 946. The van der Waals surface area contributed by atoms with Crippen LogP contribution in [0.3, 0.4) is 0 Å². The summed E-state index contributed by atoms with van der Waals surface area (Å²) in [6.45, 7) is 4.79. The van der Waals surface area contributed by atoms with Crippen LogP contribution in [0.1, 0.15) is 44.7 Å². The molecular weight excluding hydrogens is 406 g/mol. The third-order valence-electron chi connectivity index (χ3n) is 7.15. The van der Waals surface area contributed by atoms with E-state index in [0.29, 0.717) is 47.3 Å². The van der Waals surface area contributed by atoms with E-state index < -0.39 is 5.60 Å². The smallest absolute Gasteiger partial charge is 0.228 e. The van der Waals surface area contributed by atoms with Crippen LogP contribution < -0.4 is 15.4 Å². The Morgan fingerprint density at radius 2 is 1.94 bits per heavy atom. The van der Waals surface area contributed by atoms with Crippen LogP contribution in [0, 0.1) is 24.7 Å². The van der Waals surface area contributed by atoms with E-state index in [9.17, 15) is 5.11 Å². The number of rotatable bonds is 8. The summed E-state index contributed by atoms with van der Waals surface area (Å²) in [5.41, 5.74) is 0.523. The number of hydrogen-bond donors (Lipinski definition) is 4. The molecule has 0 aromatic carbocycles. The number of aromatic nitrogens is 4. The predicted molar refractivity (Wildman–Crippen MR) is 123 cm³/mol. The molecular formula is C23H35N7O2. The van der Waals surface area contributed by atoms with Gasteiger partial charge in [-0.25, -0.2) is 0 Å². The van der Waals surface area contributed by atoms with Gasteiger partial charge in [0.25, 0.3) is 0 Å². The zero-order valence-electron chi connectivity index (χ0n) is 19.4. The first-order chi connectivity index (χ1) is 15.2. The number of H-pyrrole nitrogens is 1. The topological polar surface area (TPSA) is 111 Å². The summed E-state index contributed by atoms with van der Waals surface area (Å²) < 4.78 is 6.13. The van der Waals surface area contributed by atoms with Crippen LogP contribution in [0.15, 0.2) is 12.1 Å². The Morgan fingerprint density at radius 1 is 1.19 bits per heavy atom. The van der Waals surface area contributed by atoms with Crippen molar-refractivity contribution in [1.29, 1.82) is 0 Å². The maximum absolute atomic E-state index is 10.9. The van der Waals surface area contributed by atoms with Gasteiger partial charge in [0.2, 0.25) is 11.8 Å². The zero-order chi connectivity index (χ0) is 22.5. The molecule has 9 nitrogen and oxygen atoms in total. The molecule has 4 aliphatic carbocycles. The third kappa shape index (κ3) is 4.54. The normalized spacial score (nSPS) is 31.7. The predicted octanol–water partition coefficient (Wildman–Crippen LogP) is 2.93. The van der Waals surface area contributed by atoms with E-state index in [1.165, 1.54) is 12.8 Å². The molecule has 4 saturated carbocycles. The van der Waals surface area contributed by atoms with Gasteiger partial charge in [0.15, 0.2) is 5.82 Å². The van der Waals surface area contributed by atoms with Gasteiger partial charge < -0.3 is 25.4 Å². The second-order valence-electron chi connectivity index (χ2n) is 10.5. The Hall–Kier alpha value is -2.39. The minimum absolute atomic E-state index is 0.0105. The van der Waals surface area contributed by atoms with Crippen LogP contribution in [-0.4, -0.2) is 68.6 Å². The highest BCUT2D eigenvalue weighted by molar-refractivity contribution is 5.55. The first kappa shape index (κ1) is 21.5. The SMILES string of the molecule is Cc1cc(Nc2cc(OC(C)CN(C)C)nc(NC3C4CC5CC3CC(O)(C5)C4)n2)n[nH]1. The van der Waals surface area contributed by atoms with Crippen molar-refractivity contribution in [3.63, 3.8) is 0 Å². The molecule has 4 N–H and O–H groups in total. The maximum atomic E-state index is 10.9. The molecule has 0 amide bonds. The van der Waals surface area contributed by atoms with Crippen molar-refractivity contribution in [2.45, 2.75) is 63.7 Å². The molecule has 2 aromatic rings. The molecule has 9 heteroatoms. The van der Waals surface area contributed by atoms with E-state index >= 15 is 0 Å². The largest absolute Gasteiger partial charge is 0.473 e. The average Bonchev–Trinajstić information content (AvgIpc) is 3.07. The minimum atomic E-state index is -0.452. The van der Waals surface area contributed by atoms with Crippen LogP contribution in [0.4, 0.5) is 17.6 Å². The highest BCUT2D eigenvalue weighted by Gasteiger charge is 2.54. The maximum Gasteiger partial charge on any atom is 0.228 e. The van der Waals surface area contributed by atoms with Crippen LogP contribution in [0.5, 0.6) is 5.88 Å². The van der Waals surface area contributed by atoms with E-state index in [-0.39, 0.29) is 6.10 Å². The lowest BCUT2D eigenvalue weighted by Crippen LogP contribution is -2.59. The molecule has 3 unspecified atom stereocenters. The van der Waals surface area contributed by atoms with E-state index in [1.54, 1.807) is 0 Å². The fourth-order valence-electron chi connectivity index (χ4n) is 6.35. The molecule has 0 radical (unpaired) electrons. The fourth-order valence-corrected chi connectivity index (χ4v) is 6.35. The van der Waals surface area contributed by atoms with Crippen molar-refractivity contribution in [3.8, 4) is 5.88 Å². The molecule has 4 bridgehead atoms. The Morgan fingerprint density at radius 3 is 2.56 bits per heavy atom. The molecule has 174 valence electrons. The molecule has 0 spiro atoms. The van der Waals surface area contributed by atoms with E-state index in [0.717, 1.165) is 31.5 Å². The summed E-state index contributed by atoms with van der Waals surface area (Å²) in [6.07, 6.45) is 5.10. The van der Waals surface area contributed by atoms with Gasteiger partial charge in [-0.15, -0.1) is 0 Å². The molecule has 0 saturated heterocycles. The first-order valence-electron chi connectivity index (χ1n) is 11.7. The number of nitrogens with one attached hydrogen (secondary N) is 3. The van der Waals surface area contributed by atoms with Gasteiger partial charge in [-0.1, -0.05) is 0 Å². The quantitative estimate of drug-likeness (QED) is 0.495. The molecule has 32 heavy (non-hydrogen) atoms. The van der Waals surface area contributed by atoms with Gasteiger partial charge in [0, 0.05) is 30.4 Å². The van der Waals surface area contributed by atoms with Crippen LogP contribution in [0.25, 0.3) is 0 Å². The lowest BCUT2D eigenvalue weighted by atomic mass is 9.52. The van der Waals surface area contributed by atoms with Crippen LogP contribution in [0.2, 0.25) is 0 Å². The van der Waals surface area contributed by atoms with Gasteiger partial charge in [-0.2, -0.15) is 15.1 Å². The highest BCUT2D eigenvalue weighted by Crippen LogP contribution is 2.56. The standard InChI is InChI=1S/C23H35N7O2/c1-13-5-19(29-28-13)24-18-8-20(32-14(2)12-30(3)4)26-22(25-18)27-21-16-6-15-7-17(21)11-23(31,9-15)10-16/h5,8,14-17,21,31H,6-7,9-12H2,1-4H3,(H3,24,25,26,27,28,29). The van der Waals surface area contributed by atoms with Gasteiger partial charge >= 0.3 is 0 Å². The van der Waals surface area contributed by atoms with E-state index in [2.05, 4.69) is 25.7 Å². The number of aromatic amines is 1. The summed E-state index contributed by atoms with van der Waals surface area (Å²) >= 11 is 0. The average molecular weight is 442 g/mol. The van der Waals surface area contributed by atoms with Crippen molar-refractivity contribution in [1.82, 2.24) is 25.1 Å². The molecule has 4 aliphatic rings. The molecule has 2 aromatic heterocycles. The molecule has 4 fully saturated rings. The second kappa shape index (κ2) is 8.19. The number of likely N-dealkylation sites (N-methyl/N-ethyl adjacent to an activating group) is 1. The van der Waals surface area contributed by atoms with Crippen molar-refractivity contribution >= 4 is 17.6 Å². The summed E-state index contributed by atoms with van der Waals surface area (Å²) in [5, 5.41) is 25.0. The van der Waals surface area contributed by atoms with Gasteiger partial charge in [-0.05, 0) is 77.8 Å². The number of ether oxygens (including phenoxy) is 1. The van der Waals surface area contributed by atoms with E-state index in [1.807, 2.05) is 40.1 Å². The zero-order valence-corrected chi connectivity index (χ0v) is 19.4. The number of hydrogen-bond acceptors (Lipinski definition) is 8. The van der Waals surface area contributed by atoms with Crippen molar-refractivity contribution in [2.24, 2.45) is 17.8 Å². The number of aliphatic hydroxyl groups is 1. The van der Waals surface area contributed by atoms with Gasteiger partial charge in [0.05, 0.1) is 5.60 Å². The van der Waals surface area contributed by atoms with Gasteiger partial charge in [0.1, 0.15) is 11.9 Å². The Balaban J connectivity index is 1.38. The van der Waals surface area contributed by atoms with Crippen molar-refractivity contribution in [3.05, 3.63) is 17.8 Å². The Labute approximate surface area is 189 Å². The minimum Gasteiger partial charge on any atom is -0.473 e. The van der Waals surface area contributed by atoms with Crippen LogP contribution in [-0.2, 0) is 0 Å². The second-order valence-corrected chi connectivity index (χ2v) is 10.5. The summed E-state index contributed by atoms with van der Waals surface area (Å²) in [4.78, 5) is 11.5. The lowest BCUT2D eigenvalue weighted by molar-refractivity contribution is -0.129. The molecule has 2 heterocycles. The summed E-state index contributed by atoms with van der Waals surface area (Å²) in [6, 6.07) is 4.05. The number of anilines is 3. The molecule has 6 rings (SSSR count). The number of aryl methyl sites for hydroxylation is 1. The third-order valence-corrected chi connectivity index (χ3v) is 7.15. The van der Waals surface area contributed by atoms with Gasteiger partial charge in [-0.3, -0.25) is 5.10 Å². The van der Waals surface area contributed by atoms with Crippen molar-refractivity contribution < 1.29 is 9.84 Å². The fraction of sp³-hybridized carbons (Fsp3) is 0.696. The monoisotopic (exact) mass is 441 g/mol. The molecule has 3 atom stereocenters. The number of nitrogens with zero attached hydrogens (tertiary/aromatic N) is 4. The van der Waals surface area contributed by atoms with E-state index in [4.69, 9.17) is 14.7 Å². The first-order valence-corrected chi connectivity index (χ1v) is 11.7. The van der Waals surface area contributed by atoms with Crippen LogP contribution >= 0.6 is 0 Å².